The van der Waals surface area contributed by atoms with Crippen molar-refractivity contribution in [2.24, 2.45) is 0 Å². The standard InChI is InChI=1S/C19H23ClN6O3/c1-13-11-17(25-9-3-2-4-10-25)24-19(23-13)22-8-7-21-18(27)15-6-5-14(26(28)29)12-16(15)20/h5-6,11-12H,2-4,7-10H2,1H3,(H,21,27)(H,22,23,24). The van der Waals surface area contributed by atoms with E-state index < -0.39 is 10.8 Å². The second-order valence-electron chi connectivity index (χ2n) is 6.84. The number of aryl methyl sites for hydroxylation is 1. The highest BCUT2D eigenvalue weighted by Gasteiger charge is 2.15. The zero-order valence-electron chi connectivity index (χ0n) is 16.2. The number of nitro benzene ring substituents is 1. The molecule has 1 aromatic heterocycles. The number of hydrogen-bond acceptors (Lipinski definition) is 7. The molecule has 2 heterocycles. The van der Waals surface area contributed by atoms with Gasteiger partial charge in [0.1, 0.15) is 5.82 Å². The largest absolute Gasteiger partial charge is 0.356 e. The monoisotopic (exact) mass is 418 g/mol. The normalized spacial score (nSPS) is 13.8. The van der Waals surface area contributed by atoms with Gasteiger partial charge in [-0.25, -0.2) is 4.98 Å². The van der Waals surface area contributed by atoms with E-state index in [1.807, 2.05) is 13.0 Å². The van der Waals surface area contributed by atoms with Gasteiger partial charge in [0.15, 0.2) is 0 Å². The Morgan fingerprint density at radius 3 is 2.66 bits per heavy atom. The maximum atomic E-state index is 12.2. The summed E-state index contributed by atoms with van der Waals surface area (Å²) in [6, 6.07) is 5.74. The molecule has 0 bridgehead atoms. The van der Waals surface area contributed by atoms with Crippen LogP contribution in [-0.2, 0) is 0 Å². The average Bonchev–Trinajstić information content (AvgIpc) is 2.71. The SMILES string of the molecule is Cc1cc(N2CCCCC2)nc(NCCNC(=O)c2ccc([N+](=O)[O-])cc2Cl)n1. The number of rotatable bonds is 7. The number of halogens is 1. The number of non-ortho nitro benzene ring substituents is 1. The Hall–Kier alpha value is -2.94. The number of benzene rings is 1. The summed E-state index contributed by atoms with van der Waals surface area (Å²) in [4.78, 5) is 33.7. The topological polar surface area (TPSA) is 113 Å². The van der Waals surface area contributed by atoms with Gasteiger partial charge >= 0.3 is 0 Å². The predicted molar refractivity (Wildman–Crippen MR) is 112 cm³/mol. The molecule has 0 aliphatic carbocycles. The smallest absolute Gasteiger partial charge is 0.270 e. The maximum Gasteiger partial charge on any atom is 0.270 e. The molecule has 1 aliphatic heterocycles. The van der Waals surface area contributed by atoms with Crippen LogP contribution in [0.25, 0.3) is 0 Å². The zero-order chi connectivity index (χ0) is 20.8. The Bertz CT molecular complexity index is 902. The van der Waals surface area contributed by atoms with Gasteiger partial charge in [-0.2, -0.15) is 4.98 Å². The molecule has 0 spiro atoms. The number of carbonyl (C=O) groups excluding carboxylic acids is 1. The fourth-order valence-corrected chi connectivity index (χ4v) is 3.42. The predicted octanol–water partition coefficient (Wildman–Crippen LogP) is 3.18. The Morgan fingerprint density at radius 1 is 1.21 bits per heavy atom. The highest BCUT2D eigenvalue weighted by atomic mass is 35.5. The number of nitrogens with one attached hydrogen (secondary N) is 2. The molecule has 1 fully saturated rings. The summed E-state index contributed by atoms with van der Waals surface area (Å²) >= 11 is 5.98. The lowest BCUT2D eigenvalue weighted by atomic mass is 10.1. The van der Waals surface area contributed by atoms with Crippen molar-refractivity contribution in [3.63, 3.8) is 0 Å². The van der Waals surface area contributed by atoms with Gasteiger partial charge in [-0.1, -0.05) is 11.6 Å². The maximum absolute atomic E-state index is 12.2. The van der Waals surface area contributed by atoms with Gasteiger partial charge in [0.2, 0.25) is 5.95 Å². The lowest BCUT2D eigenvalue weighted by molar-refractivity contribution is -0.384. The Balaban J connectivity index is 1.53. The quantitative estimate of drug-likeness (QED) is 0.403. The minimum Gasteiger partial charge on any atom is -0.356 e. The highest BCUT2D eigenvalue weighted by Crippen LogP contribution is 2.22. The number of nitrogens with zero attached hydrogens (tertiary/aromatic N) is 4. The fourth-order valence-electron chi connectivity index (χ4n) is 3.16. The van der Waals surface area contributed by atoms with Crippen molar-refractivity contribution in [2.75, 3.05) is 36.4 Å². The van der Waals surface area contributed by atoms with E-state index in [1.165, 1.54) is 31.4 Å². The Kier molecular flexibility index (Phi) is 6.82. The van der Waals surface area contributed by atoms with Crippen molar-refractivity contribution < 1.29 is 9.72 Å². The van der Waals surface area contributed by atoms with Gasteiger partial charge in [-0.15, -0.1) is 0 Å². The Morgan fingerprint density at radius 2 is 1.97 bits per heavy atom. The summed E-state index contributed by atoms with van der Waals surface area (Å²) in [7, 11) is 0. The Labute approximate surface area is 173 Å². The first-order valence-electron chi connectivity index (χ1n) is 9.50. The average molecular weight is 419 g/mol. The molecule has 3 rings (SSSR count). The van der Waals surface area contributed by atoms with Crippen molar-refractivity contribution in [3.8, 4) is 0 Å². The number of hydrogen-bond donors (Lipinski definition) is 2. The van der Waals surface area contributed by atoms with E-state index in [4.69, 9.17) is 11.6 Å². The second-order valence-corrected chi connectivity index (χ2v) is 7.25. The highest BCUT2D eigenvalue weighted by molar-refractivity contribution is 6.34. The van der Waals surface area contributed by atoms with Gasteiger partial charge in [-0.3, -0.25) is 14.9 Å². The third kappa shape index (κ3) is 5.54. The molecular weight excluding hydrogens is 396 g/mol. The van der Waals surface area contributed by atoms with Crippen LogP contribution in [0.4, 0.5) is 17.5 Å². The summed E-state index contributed by atoms with van der Waals surface area (Å²) in [6.45, 7) is 4.68. The van der Waals surface area contributed by atoms with Crippen LogP contribution < -0.4 is 15.5 Å². The number of carbonyl (C=O) groups is 1. The molecule has 2 aromatic rings. The first-order valence-corrected chi connectivity index (χ1v) is 9.88. The van der Waals surface area contributed by atoms with Crippen molar-refractivity contribution in [3.05, 3.63) is 50.7 Å². The molecule has 0 radical (unpaired) electrons. The van der Waals surface area contributed by atoms with Gasteiger partial charge in [0.05, 0.1) is 15.5 Å². The van der Waals surface area contributed by atoms with Crippen molar-refractivity contribution >= 4 is 35.0 Å². The number of amides is 1. The van der Waals surface area contributed by atoms with E-state index in [0.29, 0.717) is 19.0 Å². The molecule has 1 saturated heterocycles. The summed E-state index contributed by atoms with van der Waals surface area (Å²) in [5, 5.41) is 16.6. The van der Waals surface area contributed by atoms with Gasteiger partial charge in [-0.05, 0) is 32.3 Å². The molecule has 0 atom stereocenters. The summed E-state index contributed by atoms with van der Waals surface area (Å²) in [5.41, 5.74) is 0.913. The van der Waals surface area contributed by atoms with E-state index in [2.05, 4.69) is 25.5 Å². The molecule has 154 valence electrons. The molecule has 1 aliphatic rings. The van der Waals surface area contributed by atoms with Gasteiger partial charge < -0.3 is 15.5 Å². The van der Waals surface area contributed by atoms with E-state index >= 15 is 0 Å². The molecule has 10 heteroatoms. The molecule has 1 amide bonds. The van der Waals surface area contributed by atoms with Crippen molar-refractivity contribution in [2.45, 2.75) is 26.2 Å². The zero-order valence-corrected chi connectivity index (χ0v) is 16.9. The third-order valence-corrected chi connectivity index (χ3v) is 4.94. The molecule has 29 heavy (non-hydrogen) atoms. The number of nitro groups is 1. The van der Waals surface area contributed by atoms with Crippen LogP contribution in [0.1, 0.15) is 35.3 Å². The summed E-state index contributed by atoms with van der Waals surface area (Å²) in [5.74, 6) is 1.04. The molecular formula is C19H23ClN6O3. The van der Waals surface area contributed by atoms with Crippen molar-refractivity contribution in [1.82, 2.24) is 15.3 Å². The number of anilines is 2. The third-order valence-electron chi connectivity index (χ3n) is 4.62. The lowest BCUT2D eigenvalue weighted by Crippen LogP contribution is -2.31. The van der Waals surface area contributed by atoms with Crippen molar-refractivity contribution in [1.29, 1.82) is 0 Å². The van der Waals surface area contributed by atoms with E-state index in [-0.39, 0.29) is 16.3 Å². The van der Waals surface area contributed by atoms with E-state index in [1.54, 1.807) is 0 Å². The van der Waals surface area contributed by atoms with E-state index in [0.717, 1.165) is 30.7 Å². The van der Waals surface area contributed by atoms with Crippen LogP contribution in [0.15, 0.2) is 24.3 Å². The minimum atomic E-state index is -0.558. The van der Waals surface area contributed by atoms with Crippen LogP contribution in [0.3, 0.4) is 0 Å². The minimum absolute atomic E-state index is 0.0397. The summed E-state index contributed by atoms with van der Waals surface area (Å²) < 4.78 is 0. The van der Waals surface area contributed by atoms with Crippen LogP contribution in [0.5, 0.6) is 0 Å². The number of piperidine rings is 1. The first kappa shape index (κ1) is 20.8. The molecule has 2 N–H and O–H groups in total. The second kappa shape index (κ2) is 9.51. The molecule has 0 saturated carbocycles. The van der Waals surface area contributed by atoms with E-state index in [9.17, 15) is 14.9 Å². The lowest BCUT2D eigenvalue weighted by Gasteiger charge is -2.28. The summed E-state index contributed by atoms with van der Waals surface area (Å²) in [6.07, 6.45) is 3.59. The molecule has 9 nitrogen and oxygen atoms in total. The van der Waals surface area contributed by atoms with Crippen LogP contribution >= 0.6 is 11.6 Å². The van der Waals surface area contributed by atoms with Crippen LogP contribution in [-0.4, -0.2) is 47.0 Å². The molecule has 1 aromatic carbocycles. The van der Waals surface area contributed by atoms with Crippen LogP contribution in [0.2, 0.25) is 5.02 Å². The fraction of sp³-hybridized carbons (Fsp3) is 0.421. The molecule has 0 unspecified atom stereocenters. The number of aromatic nitrogens is 2. The van der Waals surface area contributed by atoms with Gasteiger partial charge in [0, 0.05) is 50.1 Å². The first-order chi connectivity index (χ1) is 13.9. The van der Waals surface area contributed by atoms with Gasteiger partial charge in [0.25, 0.3) is 11.6 Å². The van der Waals surface area contributed by atoms with Crippen LogP contribution in [0, 0.1) is 17.0 Å².